The number of nitrogens with one attached hydrogen (secondary N) is 1. The van der Waals surface area contributed by atoms with Crippen molar-refractivity contribution in [1.29, 1.82) is 0 Å². The number of hydrazine groups is 1. The Morgan fingerprint density at radius 1 is 1.45 bits per heavy atom. The molecule has 20 heavy (non-hydrogen) atoms. The molecule has 1 heterocycles. The van der Waals surface area contributed by atoms with Gasteiger partial charge < -0.3 is 4.74 Å². The van der Waals surface area contributed by atoms with Crippen LogP contribution in [0.2, 0.25) is 0 Å². The second-order valence-corrected chi connectivity index (χ2v) is 7.09. The van der Waals surface area contributed by atoms with Gasteiger partial charge in [0.1, 0.15) is 0 Å². The summed E-state index contributed by atoms with van der Waals surface area (Å²) in [4.78, 5) is 0. The molecular formula is C16H23BrN2O. The monoisotopic (exact) mass is 338 g/mol. The largest absolute Gasteiger partial charge is 0.375 e. The number of halogens is 1. The Kier molecular flexibility index (Phi) is 4.18. The summed E-state index contributed by atoms with van der Waals surface area (Å²) in [6.45, 7) is 3.03. The molecule has 3 rings (SSSR count). The van der Waals surface area contributed by atoms with Gasteiger partial charge >= 0.3 is 0 Å². The van der Waals surface area contributed by atoms with Gasteiger partial charge in [-0.3, -0.25) is 11.3 Å². The average molecular weight is 339 g/mol. The summed E-state index contributed by atoms with van der Waals surface area (Å²) in [5.74, 6) is 6.45. The molecule has 0 bridgehead atoms. The third-order valence-corrected chi connectivity index (χ3v) is 5.95. The van der Waals surface area contributed by atoms with Crippen molar-refractivity contribution in [1.82, 2.24) is 5.43 Å². The van der Waals surface area contributed by atoms with E-state index in [1.807, 2.05) is 0 Å². The zero-order valence-corrected chi connectivity index (χ0v) is 13.6. The summed E-state index contributed by atoms with van der Waals surface area (Å²) < 4.78 is 7.19. The van der Waals surface area contributed by atoms with Crippen molar-refractivity contribution in [2.24, 2.45) is 11.8 Å². The van der Waals surface area contributed by atoms with Crippen molar-refractivity contribution in [2.75, 3.05) is 6.61 Å². The highest BCUT2D eigenvalue weighted by Crippen LogP contribution is 2.47. The van der Waals surface area contributed by atoms with Crippen molar-refractivity contribution in [2.45, 2.75) is 50.7 Å². The van der Waals surface area contributed by atoms with E-state index in [9.17, 15) is 0 Å². The molecule has 0 radical (unpaired) electrons. The highest BCUT2D eigenvalue weighted by Gasteiger charge is 2.44. The molecule has 110 valence electrons. The summed E-state index contributed by atoms with van der Waals surface area (Å²) in [6.07, 6.45) is 5.97. The number of hydrogen-bond donors (Lipinski definition) is 2. The van der Waals surface area contributed by atoms with E-state index in [2.05, 4.69) is 46.5 Å². The Bertz CT molecular complexity index is 487. The Hall–Kier alpha value is -0.420. The molecule has 2 aliphatic rings. The minimum Gasteiger partial charge on any atom is -0.375 e. The highest BCUT2D eigenvalue weighted by molar-refractivity contribution is 9.10. The fraction of sp³-hybridized carbons (Fsp3) is 0.625. The van der Waals surface area contributed by atoms with Gasteiger partial charge in [-0.25, -0.2) is 0 Å². The molecule has 2 fully saturated rings. The molecule has 0 aromatic heterocycles. The maximum Gasteiger partial charge on any atom is 0.0686 e. The standard InChI is InChI=1S/C16H23BrN2O/c1-11-13(4-2-5-14(11)17)15(19-18)12-6-9-20-16(10-12)7-3-8-16/h2,4-5,12,15,19H,3,6-10,18H2,1H3. The Morgan fingerprint density at radius 2 is 2.25 bits per heavy atom. The van der Waals surface area contributed by atoms with E-state index in [1.54, 1.807) is 0 Å². The quantitative estimate of drug-likeness (QED) is 0.653. The molecule has 1 aliphatic carbocycles. The van der Waals surface area contributed by atoms with Gasteiger partial charge in [0.15, 0.2) is 0 Å². The Labute approximate surface area is 129 Å². The molecule has 1 spiro atoms. The molecular weight excluding hydrogens is 316 g/mol. The lowest BCUT2D eigenvalue weighted by Crippen LogP contribution is -2.48. The lowest BCUT2D eigenvalue weighted by Gasteiger charge is -2.48. The molecule has 1 aliphatic heterocycles. The number of nitrogens with two attached hydrogens (primary N) is 1. The van der Waals surface area contributed by atoms with Crippen LogP contribution in [0.3, 0.4) is 0 Å². The van der Waals surface area contributed by atoms with E-state index < -0.39 is 0 Å². The van der Waals surface area contributed by atoms with E-state index in [-0.39, 0.29) is 11.6 Å². The summed E-state index contributed by atoms with van der Waals surface area (Å²) in [7, 11) is 0. The molecule has 1 saturated carbocycles. The molecule has 0 amide bonds. The van der Waals surface area contributed by atoms with Crippen LogP contribution >= 0.6 is 15.9 Å². The predicted octanol–water partition coefficient (Wildman–Crippen LogP) is 3.61. The van der Waals surface area contributed by atoms with Crippen LogP contribution in [0.25, 0.3) is 0 Å². The molecule has 2 atom stereocenters. The first kappa shape index (κ1) is 14.5. The number of hydrogen-bond acceptors (Lipinski definition) is 3. The molecule has 3 N–H and O–H groups in total. The van der Waals surface area contributed by atoms with Crippen LogP contribution in [0.15, 0.2) is 22.7 Å². The first-order chi connectivity index (χ1) is 9.65. The lowest BCUT2D eigenvalue weighted by molar-refractivity contribution is -0.147. The summed E-state index contributed by atoms with van der Waals surface area (Å²) in [6, 6.07) is 6.58. The number of rotatable bonds is 3. The van der Waals surface area contributed by atoms with E-state index in [1.165, 1.54) is 30.4 Å². The first-order valence-electron chi connectivity index (χ1n) is 7.50. The van der Waals surface area contributed by atoms with Crippen LogP contribution in [0.1, 0.15) is 49.3 Å². The van der Waals surface area contributed by atoms with Gasteiger partial charge in [-0.2, -0.15) is 0 Å². The van der Waals surface area contributed by atoms with Gasteiger partial charge in [-0.1, -0.05) is 28.1 Å². The summed E-state index contributed by atoms with van der Waals surface area (Å²) in [5.41, 5.74) is 5.82. The van der Waals surface area contributed by atoms with Crippen molar-refractivity contribution in [3.05, 3.63) is 33.8 Å². The third-order valence-electron chi connectivity index (χ3n) is 5.09. The fourth-order valence-electron chi connectivity index (χ4n) is 3.71. The topological polar surface area (TPSA) is 47.3 Å². The maximum absolute atomic E-state index is 6.04. The third kappa shape index (κ3) is 2.54. The van der Waals surface area contributed by atoms with E-state index >= 15 is 0 Å². The zero-order valence-electron chi connectivity index (χ0n) is 12.0. The molecule has 1 aromatic carbocycles. The summed E-state index contributed by atoms with van der Waals surface area (Å²) in [5, 5.41) is 0. The highest BCUT2D eigenvalue weighted by atomic mass is 79.9. The molecule has 3 nitrogen and oxygen atoms in total. The molecule has 1 saturated heterocycles. The lowest BCUT2D eigenvalue weighted by atomic mass is 9.69. The van der Waals surface area contributed by atoms with Crippen LogP contribution in [0.5, 0.6) is 0 Å². The second-order valence-electron chi connectivity index (χ2n) is 6.24. The maximum atomic E-state index is 6.04. The second kappa shape index (κ2) is 5.76. The van der Waals surface area contributed by atoms with E-state index in [0.717, 1.165) is 23.9 Å². The average Bonchev–Trinajstić information content (AvgIpc) is 2.43. The van der Waals surface area contributed by atoms with Crippen LogP contribution < -0.4 is 11.3 Å². The van der Waals surface area contributed by atoms with Gasteiger partial charge in [0, 0.05) is 17.1 Å². The summed E-state index contributed by atoms with van der Waals surface area (Å²) >= 11 is 3.62. The van der Waals surface area contributed by atoms with Crippen molar-refractivity contribution in [3.63, 3.8) is 0 Å². The van der Waals surface area contributed by atoms with Crippen molar-refractivity contribution >= 4 is 15.9 Å². The first-order valence-corrected chi connectivity index (χ1v) is 8.30. The SMILES string of the molecule is Cc1c(Br)cccc1C(NN)C1CCOC2(CCC2)C1. The van der Waals surface area contributed by atoms with E-state index in [4.69, 9.17) is 10.6 Å². The molecule has 2 unspecified atom stereocenters. The van der Waals surface area contributed by atoms with Gasteiger partial charge in [0.25, 0.3) is 0 Å². The fourth-order valence-corrected chi connectivity index (χ4v) is 4.09. The van der Waals surface area contributed by atoms with Crippen LogP contribution in [0, 0.1) is 12.8 Å². The van der Waals surface area contributed by atoms with Gasteiger partial charge in [-0.05, 0) is 62.1 Å². The number of benzene rings is 1. The molecule has 4 heteroatoms. The predicted molar refractivity (Wildman–Crippen MR) is 84.2 cm³/mol. The zero-order chi connectivity index (χ0) is 14.2. The van der Waals surface area contributed by atoms with Gasteiger partial charge in [0.05, 0.1) is 5.60 Å². The van der Waals surface area contributed by atoms with E-state index in [0.29, 0.717) is 5.92 Å². The van der Waals surface area contributed by atoms with Gasteiger partial charge in [0.2, 0.25) is 0 Å². The minimum atomic E-state index is 0.165. The normalized spacial score (nSPS) is 26.2. The van der Waals surface area contributed by atoms with Crippen molar-refractivity contribution < 1.29 is 4.74 Å². The Morgan fingerprint density at radius 3 is 2.90 bits per heavy atom. The van der Waals surface area contributed by atoms with Crippen LogP contribution in [0.4, 0.5) is 0 Å². The Balaban J connectivity index is 1.84. The smallest absolute Gasteiger partial charge is 0.0686 e. The molecule has 1 aromatic rings. The number of ether oxygens (including phenoxy) is 1. The van der Waals surface area contributed by atoms with Crippen LogP contribution in [-0.2, 0) is 4.74 Å². The van der Waals surface area contributed by atoms with Gasteiger partial charge in [-0.15, -0.1) is 0 Å². The van der Waals surface area contributed by atoms with Crippen molar-refractivity contribution in [3.8, 4) is 0 Å². The van der Waals surface area contributed by atoms with Crippen LogP contribution in [-0.4, -0.2) is 12.2 Å². The minimum absolute atomic E-state index is 0.165.